The number of ether oxygens (including phenoxy) is 1. The first-order valence-electron chi connectivity index (χ1n) is 3.67. The quantitative estimate of drug-likeness (QED) is 0.813. The Kier molecular flexibility index (Phi) is 3.28. The maximum Gasteiger partial charge on any atom is 0.337 e. The van der Waals surface area contributed by atoms with Gasteiger partial charge >= 0.3 is 5.97 Å². The molecule has 0 saturated carbocycles. The minimum Gasteiger partial charge on any atom is -0.479 e. The van der Waals surface area contributed by atoms with E-state index in [9.17, 15) is 4.79 Å². The second kappa shape index (κ2) is 4.25. The minimum absolute atomic E-state index is 0.400. The SMILES string of the molecule is CO[C@H](C(=O)O)c1ccccc1Cl. The molecule has 0 bridgehead atoms. The Hall–Kier alpha value is -1.06. The van der Waals surface area contributed by atoms with Gasteiger partial charge in [0, 0.05) is 17.7 Å². The summed E-state index contributed by atoms with van der Waals surface area (Å²) in [5.41, 5.74) is 0.471. The molecule has 1 atom stereocenters. The van der Waals surface area contributed by atoms with E-state index in [4.69, 9.17) is 21.4 Å². The summed E-state index contributed by atoms with van der Waals surface area (Å²) in [7, 11) is 1.34. The Labute approximate surface area is 80.9 Å². The van der Waals surface area contributed by atoms with E-state index in [1.807, 2.05) is 0 Å². The van der Waals surface area contributed by atoms with Gasteiger partial charge in [-0.05, 0) is 6.07 Å². The van der Waals surface area contributed by atoms with E-state index in [1.165, 1.54) is 7.11 Å². The maximum atomic E-state index is 10.7. The van der Waals surface area contributed by atoms with Crippen molar-refractivity contribution in [3.05, 3.63) is 34.9 Å². The molecule has 0 unspecified atom stereocenters. The van der Waals surface area contributed by atoms with Gasteiger partial charge in [-0.1, -0.05) is 29.8 Å². The van der Waals surface area contributed by atoms with Crippen LogP contribution in [-0.4, -0.2) is 18.2 Å². The average molecular weight is 201 g/mol. The molecule has 0 amide bonds. The van der Waals surface area contributed by atoms with Crippen LogP contribution in [0.2, 0.25) is 5.02 Å². The first-order valence-corrected chi connectivity index (χ1v) is 4.04. The van der Waals surface area contributed by atoms with Crippen LogP contribution in [0, 0.1) is 0 Å². The van der Waals surface area contributed by atoms with Crippen molar-refractivity contribution in [2.75, 3.05) is 7.11 Å². The largest absolute Gasteiger partial charge is 0.479 e. The standard InChI is InChI=1S/C9H9ClO3/c1-13-8(9(11)12)6-4-2-3-5-7(6)10/h2-5,8H,1H3,(H,11,12)/t8-/m0/s1. The number of aliphatic carboxylic acids is 1. The third-order valence-corrected chi connectivity index (χ3v) is 1.99. The van der Waals surface area contributed by atoms with E-state index in [0.717, 1.165) is 0 Å². The Morgan fingerprint density at radius 1 is 1.54 bits per heavy atom. The number of rotatable bonds is 3. The predicted molar refractivity (Wildman–Crippen MR) is 48.8 cm³/mol. The Balaban J connectivity index is 3.04. The predicted octanol–water partition coefficient (Wildman–Crippen LogP) is 2.11. The van der Waals surface area contributed by atoms with Crippen LogP contribution >= 0.6 is 11.6 Å². The highest BCUT2D eigenvalue weighted by Crippen LogP contribution is 2.24. The minimum atomic E-state index is -1.05. The summed E-state index contributed by atoms with van der Waals surface area (Å²) >= 11 is 5.80. The van der Waals surface area contributed by atoms with Gasteiger partial charge in [-0.25, -0.2) is 4.79 Å². The normalized spacial score (nSPS) is 12.5. The fourth-order valence-corrected chi connectivity index (χ4v) is 1.28. The molecular weight excluding hydrogens is 192 g/mol. The van der Waals surface area contributed by atoms with E-state index in [1.54, 1.807) is 24.3 Å². The number of halogens is 1. The summed E-state index contributed by atoms with van der Waals surface area (Å²) in [5.74, 6) is -1.05. The Morgan fingerprint density at radius 3 is 2.62 bits per heavy atom. The first kappa shape index (κ1) is 10.0. The summed E-state index contributed by atoms with van der Waals surface area (Å²) in [5, 5.41) is 9.17. The number of carboxylic acid groups (broad SMARTS) is 1. The molecule has 0 saturated heterocycles. The second-order valence-electron chi connectivity index (χ2n) is 2.48. The summed E-state index contributed by atoms with van der Waals surface area (Å²) < 4.78 is 4.79. The number of hydrogen-bond acceptors (Lipinski definition) is 2. The van der Waals surface area contributed by atoms with Crippen LogP contribution in [0.4, 0.5) is 0 Å². The zero-order valence-electron chi connectivity index (χ0n) is 7.03. The average Bonchev–Trinajstić information content (AvgIpc) is 2.09. The molecule has 1 aromatic carbocycles. The summed E-state index contributed by atoms with van der Waals surface area (Å²) in [6, 6.07) is 6.72. The van der Waals surface area contributed by atoms with E-state index < -0.39 is 12.1 Å². The Bertz CT molecular complexity index is 311. The third kappa shape index (κ3) is 2.20. The van der Waals surface area contributed by atoms with Gasteiger partial charge in [-0.15, -0.1) is 0 Å². The molecule has 0 aliphatic rings. The lowest BCUT2D eigenvalue weighted by Gasteiger charge is -2.11. The van der Waals surface area contributed by atoms with Gasteiger partial charge in [-0.3, -0.25) is 0 Å². The number of hydrogen-bond donors (Lipinski definition) is 1. The van der Waals surface area contributed by atoms with E-state index >= 15 is 0 Å². The van der Waals surface area contributed by atoms with Crippen LogP contribution in [0.15, 0.2) is 24.3 Å². The fraction of sp³-hybridized carbons (Fsp3) is 0.222. The molecule has 1 aromatic rings. The van der Waals surface area contributed by atoms with Gasteiger partial charge in [0.05, 0.1) is 0 Å². The topological polar surface area (TPSA) is 46.5 Å². The molecule has 0 aliphatic carbocycles. The van der Waals surface area contributed by atoms with Gasteiger partial charge in [0.1, 0.15) is 0 Å². The van der Waals surface area contributed by atoms with Crippen molar-refractivity contribution in [1.29, 1.82) is 0 Å². The molecule has 0 spiro atoms. The second-order valence-corrected chi connectivity index (χ2v) is 2.88. The van der Waals surface area contributed by atoms with Crippen molar-refractivity contribution in [2.24, 2.45) is 0 Å². The molecular formula is C9H9ClO3. The highest BCUT2D eigenvalue weighted by atomic mass is 35.5. The van der Waals surface area contributed by atoms with Crippen molar-refractivity contribution >= 4 is 17.6 Å². The molecule has 0 radical (unpaired) electrons. The highest BCUT2D eigenvalue weighted by molar-refractivity contribution is 6.31. The number of carboxylic acids is 1. The van der Waals surface area contributed by atoms with E-state index in [2.05, 4.69) is 0 Å². The van der Waals surface area contributed by atoms with Crippen LogP contribution < -0.4 is 0 Å². The van der Waals surface area contributed by atoms with Gasteiger partial charge in [-0.2, -0.15) is 0 Å². The maximum absolute atomic E-state index is 10.7. The molecule has 4 heteroatoms. The van der Waals surface area contributed by atoms with Crippen molar-refractivity contribution < 1.29 is 14.6 Å². The van der Waals surface area contributed by atoms with E-state index in [-0.39, 0.29) is 0 Å². The van der Waals surface area contributed by atoms with Crippen LogP contribution in [0.5, 0.6) is 0 Å². The molecule has 3 nitrogen and oxygen atoms in total. The summed E-state index contributed by atoms with van der Waals surface area (Å²) in [6.07, 6.45) is -0.992. The molecule has 0 aliphatic heterocycles. The zero-order valence-corrected chi connectivity index (χ0v) is 7.78. The van der Waals surface area contributed by atoms with Crippen LogP contribution in [-0.2, 0) is 9.53 Å². The number of benzene rings is 1. The molecule has 1 N–H and O–H groups in total. The Morgan fingerprint density at radius 2 is 2.15 bits per heavy atom. The van der Waals surface area contributed by atoms with Crippen LogP contribution in [0.25, 0.3) is 0 Å². The molecule has 1 rings (SSSR count). The fourth-order valence-electron chi connectivity index (χ4n) is 1.05. The summed E-state index contributed by atoms with van der Waals surface area (Å²) in [6.45, 7) is 0. The van der Waals surface area contributed by atoms with Gasteiger partial charge < -0.3 is 9.84 Å². The number of carbonyl (C=O) groups is 1. The van der Waals surface area contributed by atoms with E-state index in [0.29, 0.717) is 10.6 Å². The first-order chi connectivity index (χ1) is 6.16. The summed E-state index contributed by atoms with van der Waals surface area (Å²) in [4.78, 5) is 10.7. The van der Waals surface area contributed by atoms with Crippen molar-refractivity contribution in [1.82, 2.24) is 0 Å². The molecule has 0 aromatic heterocycles. The van der Waals surface area contributed by atoms with Crippen molar-refractivity contribution in [2.45, 2.75) is 6.10 Å². The molecule has 70 valence electrons. The monoisotopic (exact) mass is 200 g/mol. The van der Waals surface area contributed by atoms with Gasteiger partial charge in [0.25, 0.3) is 0 Å². The molecule has 0 heterocycles. The van der Waals surface area contributed by atoms with Crippen molar-refractivity contribution in [3.63, 3.8) is 0 Å². The third-order valence-electron chi connectivity index (χ3n) is 1.65. The number of methoxy groups -OCH3 is 1. The van der Waals surface area contributed by atoms with Crippen LogP contribution in [0.1, 0.15) is 11.7 Å². The molecule has 0 fully saturated rings. The van der Waals surface area contributed by atoms with Crippen molar-refractivity contribution in [3.8, 4) is 0 Å². The highest BCUT2D eigenvalue weighted by Gasteiger charge is 2.20. The lowest BCUT2D eigenvalue weighted by Crippen LogP contribution is -2.13. The molecule has 13 heavy (non-hydrogen) atoms. The van der Waals surface area contributed by atoms with Gasteiger partial charge in [0.15, 0.2) is 6.10 Å². The lowest BCUT2D eigenvalue weighted by atomic mass is 10.1. The van der Waals surface area contributed by atoms with Gasteiger partial charge in [0.2, 0.25) is 0 Å². The lowest BCUT2D eigenvalue weighted by molar-refractivity contribution is -0.148. The van der Waals surface area contributed by atoms with Crippen LogP contribution in [0.3, 0.4) is 0 Å². The zero-order chi connectivity index (χ0) is 9.84. The smallest absolute Gasteiger partial charge is 0.337 e.